The Morgan fingerprint density at radius 2 is 1.81 bits per heavy atom. The summed E-state index contributed by atoms with van der Waals surface area (Å²) < 4.78 is 0. The molecule has 0 aliphatic carbocycles. The highest BCUT2D eigenvalue weighted by atomic mass is 16.4. The summed E-state index contributed by atoms with van der Waals surface area (Å²) in [7, 11) is 1.68. The molecule has 0 saturated carbocycles. The lowest BCUT2D eigenvalue weighted by atomic mass is 9.85. The number of nitrogens with one attached hydrogen (secondary N) is 1. The largest absolute Gasteiger partial charge is 0.478 e. The monoisotopic (exact) mass is 437 g/mol. The van der Waals surface area contributed by atoms with Gasteiger partial charge in [-0.05, 0) is 51.5 Å². The van der Waals surface area contributed by atoms with Gasteiger partial charge >= 0.3 is 5.97 Å². The second-order valence-electron chi connectivity index (χ2n) is 9.89. The number of likely N-dealkylation sites (N-methyl/N-ethyl adjacent to an activating group) is 1. The lowest BCUT2D eigenvalue weighted by Gasteiger charge is -2.41. The number of carbonyl (C=O) groups is 3. The van der Waals surface area contributed by atoms with Crippen molar-refractivity contribution in [3.63, 3.8) is 0 Å². The van der Waals surface area contributed by atoms with Gasteiger partial charge in [0.05, 0.1) is 12.1 Å². The highest BCUT2D eigenvalue weighted by Gasteiger charge is 2.39. The van der Waals surface area contributed by atoms with Crippen LogP contribution < -0.4 is 5.32 Å². The van der Waals surface area contributed by atoms with Crippen LogP contribution in [0.1, 0.15) is 80.6 Å². The molecular weight excluding hydrogens is 394 g/mol. The summed E-state index contributed by atoms with van der Waals surface area (Å²) in [6, 6.07) is -0.950. The molecule has 1 aliphatic rings. The van der Waals surface area contributed by atoms with Crippen LogP contribution in [0.4, 0.5) is 0 Å². The molecule has 4 atom stereocenters. The molecule has 7 nitrogen and oxygen atoms in total. The number of amides is 2. The summed E-state index contributed by atoms with van der Waals surface area (Å²) in [6.45, 7) is 14.4. The highest BCUT2D eigenvalue weighted by molar-refractivity contribution is 5.91. The van der Waals surface area contributed by atoms with Gasteiger partial charge in [0.25, 0.3) is 0 Å². The molecule has 0 radical (unpaired) electrons. The van der Waals surface area contributed by atoms with E-state index in [1.54, 1.807) is 18.0 Å². The van der Waals surface area contributed by atoms with Crippen LogP contribution >= 0.6 is 0 Å². The van der Waals surface area contributed by atoms with Crippen LogP contribution in [0, 0.1) is 5.41 Å². The molecule has 0 aromatic heterocycles. The van der Waals surface area contributed by atoms with Crippen molar-refractivity contribution in [2.75, 3.05) is 13.6 Å². The number of likely N-dealkylation sites (tertiary alicyclic amines) is 1. The zero-order valence-electron chi connectivity index (χ0n) is 20.7. The second-order valence-corrected chi connectivity index (χ2v) is 9.89. The number of rotatable bonds is 9. The predicted octanol–water partition coefficient (Wildman–Crippen LogP) is 3.44. The van der Waals surface area contributed by atoms with E-state index in [1.165, 1.54) is 6.92 Å². The molecule has 2 amide bonds. The Kier molecular flexibility index (Phi) is 10.2. The molecule has 2 N–H and O–H groups in total. The fourth-order valence-electron chi connectivity index (χ4n) is 4.12. The average Bonchev–Trinajstić information content (AvgIpc) is 2.72. The lowest BCUT2D eigenvalue weighted by Crippen LogP contribution is -2.60. The van der Waals surface area contributed by atoms with Crippen LogP contribution in [-0.4, -0.2) is 70.4 Å². The van der Waals surface area contributed by atoms with Crippen molar-refractivity contribution in [3.8, 4) is 0 Å². The molecule has 0 aromatic rings. The van der Waals surface area contributed by atoms with Gasteiger partial charge in [0.1, 0.15) is 6.04 Å². The minimum absolute atomic E-state index is 0.0908. The molecule has 0 bridgehead atoms. The quantitative estimate of drug-likeness (QED) is 0.539. The average molecular weight is 438 g/mol. The van der Waals surface area contributed by atoms with Gasteiger partial charge in [-0.3, -0.25) is 14.5 Å². The maximum Gasteiger partial charge on any atom is 0.331 e. The molecule has 7 heteroatoms. The summed E-state index contributed by atoms with van der Waals surface area (Å²) in [6.07, 6.45) is 6.06. The minimum atomic E-state index is -0.998. The first-order valence-corrected chi connectivity index (χ1v) is 11.6. The van der Waals surface area contributed by atoms with Crippen LogP contribution in [-0.2, 0) is 14.4 Å². The molecule has 1 heterocycles. The third-order valence-electron chi connectivity index (χ3n) is 6.45. The first kappa shape index (κ1) is 27.1. The highest BCUT2D eigenvalue weighted by Crippen LogP contribution is 2.25. The first-order valence-electron chi connectivity index (χ1n) is 11.6. The van der Waals surface area contributed by atoms with Gasteiger partial charge in [-0.15, -0.1) is 0 Å². The number of hydrogen-bond acceptors (Lipinski definition) is 4. The molecule has 0 aromatic carbocycles. The predicted molar refractivity (Wildman–Crippen MR) is 124 cm³/mol. The third-order valence-corrected chi connectivity index (χ3v) is 6.45. The van der Waals surface area contributed by atoms with Gasteiger partial charge in [-0.1, -0.05) is 47.1 Å². The fraction of sp³-hybridized carbons (Fsp3) is 0.792. The topological polar surface area (TPSA) is 90.0 Å². The first-order chi connectivity index (χ1) is 14.3. The number of carboxylic acids is 1. The SMILES string of the molecule is CCC(C)N1CCCCC1C(=O)NC(C(=O)N(C)[C@H](/C=C(\C)C(=O)O)CC)C(C)(C)C. The number of hydrogen-bond donors (Lipinski definition) is 2. The Morgan fingerprint density at radius 3 is 2.29 bits per heavy atom. The van der Waals surface area contributed by atoms with E-state index >= 15 is 0 Å². The zero-order chi connectivity index (χ0) is 23.9. The van der Waals surface area contributed by atoms with Gasteiger partial charge in [0.2, 0.25) is 11.8 Å². The van der Waals surface area contributed by atoms with E-state index in [-0.39, 0.29) is 29.5 Å². The van der Waals surface area contributed by atoms with Gasteiger partial charge in [-0.25, -0.2) is 4.79 Å². The number of carboxylic acid groups (broad SMARTS) is 1. The number of piperidine rings is 1. The fourth-order valence-corrected chi connectivity index (χ4v) is 4.12. The number of aliphatic carboxylic acids is 1. The van der Waals surface area contributed by atoms with E-state index in [9.17, 15) is 19.5 Å². The third kappa shape index (κ3) is 7.34. The Bertz CT molecular complexity index is 668. The van der Waals surface area contributed by atoms with E-state index in [0.29, 0.717) is 12.5 Å². The summed E-state index contributed by atoms with van der Waals surface area (Å²) in [5.41, 5.74) is -0.282. The standard InChI is InChI=1S/C24H43N3O4/c1-9-17(4)27-14-12-11-13-19(27)21(28)25-20(24(5,6)7)22(29)26(8)18(10-2)15-16(3)23(30)31/h15,17-20H,9-14H2,1-8H3,(H,25,28)(H,30,31)/b16-15+/t17?,18-,19?,20?/m0/s1. The van der Waals surface area contributed by atoms with Crippen molar-refractivity contribution in [2.24, 2.45) is 5.41 Å². The Morgan fingerprint density at radius 1 is 1.19 bits per heavy atom. The Balaban J connectivity index is 3.10. The number of nitrogens with zero attached hydrogens (tertiary/aromatic N) is 2. The molecule has 3 unspecified atom stereocenters. The molecule has 1 aliphatic heterocycles. The van der Waals surface area contributed by atoms with Gasteiger partial charge < -0.3 is 15.3 Å². The van der Waals surface area contributed by atoms with Gasteiger partial charge in [0, 0.05) is 18.7 Å². The summed E-state index contributed by atoms with van der Waals surface area (Å²) in [5.74, 6) is -1.29. The molecule has 1 rings (SSSR count). The number of carbonyl (C=O) groups excluding carboxylic acids is 2. The van der Waals surface area contributed by atoms with Crippen LogP contribution in [0.15, 0.2) is 11.6 Å². The van der Waals surface area contributed by atoms with Crippen LogP contribution in [0.2, 0.25) is 0 Å². The van der Waals surface area contributed by atoms with E-state index in [4.69, 9.17) is 0 Å². The van der Waals surface area contributed by atoms with Crippen LogP contribution in [0.25, 0.3) is 0 Å². The maximum absolute atomic E-state index is 13.5. The van der Waals surface area contributed by atoms with Gasteiger partial charge in [-0.2, -0.15) is 0 Å². The van der Waals surface area contributed by atoms with Crippen LogP contribution in [0.3, 0.4) is 0 Å². The van der Waals surface area contributed by atoms with E-state index in [1.807, 2.05) is 27.7 Å². The summed E-state index contributed by atoms with van der Waals surface area (Å²) in [4.78, 5) is 41.8. The molecule has 0 spiro atoms. The van der Waals surface area contributed by atoms with Crippen molar-refractivity contribution in [1.82, 2.24) is 15.1 Å². The Labute approximate surface area is 188 Å². The maximum atomic E-state index is 13.5. The van der Waals surface area contributed by atoms with E-state index in [0.717, 1.165) is 32.2 Å². The van der Waals surface area contributed by atoms with E-state index in [2.05, 4.69) is 24.1 Å². The smallest absolute Gasteiger partial charge is 0.331 e. The van der Waals surface area contributed by atoms with Gasteiger partial charge in [0.15, 0.2) is 0 Å². The Hall–Kier alpha value is -1.89. The van der Waals surface area contributed by atoms with Crippen molar-refractivity contribution >= 4 is 17.8 Å². The molecule has 1 saturated heterocycles. The summed E-state index contributed by atoms with van der Waals surface area (Å²) >= 11 is 0. The lowest BCUT2D eigenvalue weighted by molar-refractivity contribution is -0.141. The molecular formula is C24H43N3O4. The second kappa shape index (κ2) is 11.7. The molecule has 178 valence electrons. The van der Waals surface area contributed by atoms with Crippen molar-refractivity contribution in [1.29, 1.82) is 0 Å². The summed E-state index contributed by atoms with van der Waals surface area (Å²) in [5, 5.41) is 12.3. The molecule has 31 heavy (non-hydrogen) atoms. The zero-order valence-corrected chi connectivity index (χ0v) is 20.7. The van der Waals surface area contributed by atoms with E-state index < -0.39 is 17.4 Å². The van der Waals surface area contributed by atoms with Crippen LogP contribution in [0.5, 0.6) is 0 Å². The molecule has 1 fully saturated rings. The van der Waals surface area contributed by atoms with Crippen molar-refractivity contribution in [2.45, 2.75) is 105 Å². The minimum Gasteiger partial charge on any atom is -0.478 e. The normalized spacial score (nSPS) is 21.2. The van der Waals surface area contributed by atoms with Crippen molar-refractivity contribution in [3.05, 3.63) is 11.6 Å². The van der Waals surface area contributed by atoms with Crippen molar-refractivity contribution < 1.29 is 19.5 Å².